The molecule has 4 N–H and O–H groups in total. The lowest BCUT2D eigenvalue weighted by Crippen LogP contribution is -2.66. The lowest BCUT2D eigenvalue weighted by atomic mass is 9.89. The Morgan fingerprint density at radius 3 is 2.94 bits per heavy atom. The normalized spacial score (nSPS) is 16.0. The number of nitrogens with zero attached hydrogens (tertiary/aromatic N) is 6. The Morgan fingerprint density at radius 1 is 1.45 bits per heavy atom. The van der Waals surface area contributed by atoms with Crippen LogP contribution < -0.4 is 10.5 Å². The maximum absolute atomic E-state index is 12.4. The first-order valence-corrected chi connectivity index (χ1v) is 10.6. The zero-order chi connectivity index (χ0) is 22.2. The van der Waals surface area contributed by atoms with E-state index in [9.17, 15) is 18.5 Å². The summed E-state index contributed by atoms with van der Waals surface area (Å²) in [6, 6.07) is 3.90. The van der Waals surface area contributed by atoms with E-state index in [1.165, 1.54) is 11.0 Å². The summed E-state index contributed by atoms with van der Waals surface area (Å²) in [5.41, 5.74) is 7.01. The summed E-state index contributed by atoms with van der Waals surface area (Å²) in [6.07, 6.45) is 4.81. The molecule has 1 aliphatic rings. The van der Waals surface area contributed by atoms with Crippen LogP contribution in [-0.4, -0.2) is 70.2 Å². The number of H-pyrrole nitrogens is 1. The fourth-order valence-electron chi connectivity index (χ4n) is 3.48. The molecule has 0 bridgehead atoms. The average molecular weight is 445 g/mol. The third kappa shape index (κ3) is 3.58. The van der Waals surface area contributed by atoms with Gasteiger partial charge in [-0.1, -0.05) is 0 Å². The largest absolute Gasteiger partial charge is 0.468 e. The Morgan fingerprint density at radius 2 is 2.23 bits per heavy atom. The van der Waals surface area contributed by atoms with Gasteiger partial charge in [0, 0.05) is 30.9 Å². The molecule has 13 nitrogen and oxygen atoms in total. The van der Waals surface area contributed by atoms with Crippen LogP contribution in [0.3, 0.4) is 0 Å². The first kappa shape index (κ1) is 20.7. The minimum Gasteiger partial charge on any atom is -0.468 e. The lowest BCUT2D eigenvalue weighted by molar-refractivity contribution is -0.139. The van der Waals surface area contributed by atoms with E-state index in [4.69, 9.17) is 5.73 Å². The highest BCUT2D eigenvalue weighted by molar-refractivity contribution is 7.87. The molecule has 3 aromatic rings. The molecule has 1 fully saturated rings. The Bertz CT molecular complexity index is 1280. The predicted molar refractivity (Wildman–Crippen MR) is 108 cm³/mol. The number of methoxy groups -OCH3 is 1. The Balaban J connectivity index is 1.61. The number of carbonyl (C=O) groups is 1. The van der Waals surface area contributed by atoms with Gasteiger partial charge in [0.25, 0.3) is 10.2 Å². The Hall–Kier alpha value is -3.54. The molecule has 0 amide bonds. The first-order chi connectivity index (χ1) is 14.8. The van der Waals surface area contributed by atoms with E-state index < -0.39 is 28.3 Å². The number of nitrogens with one attached hydrogen (secondary N) is 2. The van der Waals surface area contributed by atoms with E-state index in [1.54, 1.807) is 12.4 Å². The van der Waals surface area contributed by atoms with Crippen LogP contribution in [0.4, 0.5) is 5.82 Å². The van der Waals surface area contributed by atoms with Crippen LogP contribution in [0.15, 0.2) is 24.8 Å². The molecule has 0 spiro atoms. The summed E-state index contributed by atoms with van der Waals surface area (Å²) in [6.45, 7) is -0.512. The number of hydrogen-bond acceptors (Lipinski definition) is 9. The Labute approximate surface area is 177 Å². The molecule has 1 aliphatic heterocycles. The third-order valence-electron chi connectivity index (χ3n) is 5.15. The van der Waals surface area contributed by atoms with E-state index in [-0.39, 0.29) is 25.3 Å². The number of nitrogen functional groups attached to an aromatic ring is 1. The second-order valence-corrected chi connectivity index (χ2v) is 8.82. The van der Waals surface area contributed by atoms with Crippen molar-refractivity contribution in [3.8, 4) is 17.3 Å². The molecule has 162 valence electrons. The number of esters is 1. The van der Waals surface area contributed by atoms with Crippen LogP contribution in [-0.2, 0) is 25.3 Å². The predicted octanol–water partition coefficient (Wildman–Crippen LogP) is -0.664. The van der Waals surface area contributed by atoms with Crippen molar-refractivity contribution in [2.45, 2.75) is 12.0 Å². The number of ether oxygens (including phenoxy) is 1. The number of rotatable bonds is 7. The number of aromatic nitrogens is 5. The molecular weight excluding hydrogens is 426 g/mol. The van der Waals surface area contributed by atoms with E-state index in [1.807, 2.05) is 6.07 Å². The number of nitriles is 1. The summed E-state index contributed by atoms with van der Waals surface area (Å²) in [5.74, 6) is -0.513. The zero-order valence-corrected chi connectivity index (χ0v) is 17.3. The van der Waals surface area contributed by atoms with Crippen molar-refractivity contribution < 1.29 is 17.9 Å². The van der Waals surface area contributed by atoms with Crippen LogP contribution in [0.5, 0.6) is 0 Å². The van der Waals surface area contributed by atoms with Crippen molar-refractivity contribution in [3.05, 3.63) is 24.8 Å². The second-order valence-electron chi connectivity index (χ2n) is 7.06. The summed E-state index contributed by atoms with van der Waals surface area (Å²) in [7, 11) is -2.76. The quantitative estimate of drug-likeness (QED) is 0.397. The SMILES string of the molecule is COC(=O)CNS(=O)(=O)N1CC(CC#N)(n2cc(-c3ncnc4[nH]ccc34)c(N)n2)C1. The van der Waals surface area contributed by atoms with E-state index >= 15 is 0 Å². The molecule has 4 heterocycles. The van der Waals surface area contributed by atoms with Gasteiger partial charge in [-0.15, -0.1) is 0 Å². The molecule has 0 saturated carbocycles. The van der Waals surface area contributed by atoms with Gasteiger partial charge >= 0.3 is 5.97 Å². The van der Waals surface area contributed by atoms with Gasteiger partial charge in [-0.2, -0.15) is 27.8 Å². The minimum atomic E-state index is -3.93. The molecule has 1 saturated heterocycles. The number of aromatic amines is 1. The molecule has 31 heavy (non-hydrogen) atoms. The van der Waals surface area contributed by atoms with Crippen LogP contribution in [0.1, 0.15) is 6.42 Å². The van der Waals surface area contributed by atoms with Gasteiger partial charge in [0.15, 0.2) is 5.82 Å². The molecule has 4 rings (SSSR count). The van der Waals surface area contributed by atoms with Gasteiger partial charge in [-0.3, -0.25) is 9.48 Å². The third-order valence-corrected chi connectivity index (χ3v) is 6.60. The smallest absolute Gasteiger partial charge is 0.320 e. The van der Waals surface area contributed by atoms with Crippen LogP contribution in [0, 0.1) is 11.3 Å². The highest BCUT2D eigenvalue weighted by Gasteiger charge is 2.50. The molecule has 0 aliphatic carbocycles. The van der Waals surface area contributed by atoms with Gasteiger partial charge in [0.2, 0.25) is 0 Å². The highest BCUT2D eigenvalue weighted by Crippen LogP contribution is 2.37. The molecule has 0 atom stereocenters. The van der Waals surface area contributed by atoms with Crippen LogP contribution in [0.2, 0.25) is 0 Å². The molecule has 0 radical (unpaired) electrons. The van der Waals surface area contributed by atoms with Crippen molar-refractivity contribution >= 4 is 33.0 Å². The van der Waals surface area contributed by atoms with Crippen molar-refractivity contribution in [2.75, 3.05) is 32.5 Å². The summed E-state index contributed by atoms with van der Waals surface area (Å²) in [4.78, 5) is 22.7. The van der Waals surface area contributed by atoms with Crippen molar-refractivity contribution in [2.24, 2.45) is 0 Å². The maximum Gasteiger partial charge on any atom is 0.320 e. The molecular formula is C17H19N9O4S. The highest BCUT2D eigenvalue weighted by atomic mass is 32.2. The monoisotopic (exact) mass is 445 g/mol. The Kier molecular flexibility index (Phi) is 5.09. The zero-order valence-electron chi connectivity index (χ0n) is 16.4. The molecule has 14 heteroatoms. The van der Waals surface area contributed by atoms with Crippen molar-refractivity contribution in [1.29, 1.82) is 5.26 Å². The number of fused-ring (bicyclic) bond motifs is 1. The van der Waals surface area contributed by atoms with Crippen LogP contribution in [0.25, 0.3) is 22.3 Å². The standard InChI is InChI=1S/C17H19N9O4S/c1-30-13(27)6-23-31(28,29)25-8-17(9-25,3-4-18)26-7-12(15(19)24-26)14-11-2-5-20-16(11)22-10-21-14/h2,5,7,10,23H,3,6,8-9H2,1H3,(H2,19,24)(H,20,21,22). The second kappa shape index (κ2) is 7.61. The molecule has 0 aromatic carbocycles. The van der Waals surface area contributed by atoms with E-state index in [0.717, 1.165) is 16.8 Å². The van der Waals surface area contributed by atoms with Crippen molar-refractivity contribution in [1.82, 2.24) is 33.8 Å². The number of nitrogens with two attached hydrogens (primary N) is 1. The van der Waals surface area contributed by atoms with Crippen LogP contribution >= 0.6 is 0 Å². The fraction of sp³-hybridized carbons (Fsp3) is 0.353. The van der Waals surface area contributed by atoms with Gasteiger partial charge < -0.3 is 15.5 Å². The molecule has 0 unspecified atom stereocenters. The van der Waals surface area contributed by atoms with Gasteiger partial charge in [-0.25, -0.2) is 9.97 Å². The molecule has 3 aromatic heterocycles. The summed E-state index contributed by atoms with van der Waals surface area (Å²) < 4.78 is 34.1. The lowest BCUT2D eigenvalue weighted by Gasteiger charge is -2.47. The number of hydrogen-bond donors (Lipinski definition) is 3. The van der Waals surface area contributed by atoms with Gasteiger partial charge in [0.1, 0.15) is 24.1 Å². The maximum atomic E-state index is 12.4. The fourth-order valence-corrected chi connectivity index (χ4v) is 4.78. The van der Waals surface area contributed by atoms with Crippen molar-refractivity contribution in [3.63, 3.8) is 0 Å². The van der Waals surface area contributed by atoms with E-state index in [0.29, 0.717) is 16.9 Å². The number of anilines is 1. The van der Waals surface area contributed by atoms with Gasteiger partial charge in [-0.05, 0) is 6.07 Å². The average Bonchev–Trinajstić information content (AvgIpc) is 3.35. The summed E-state index contributed by atoms with van der Waals surface area (Å²) in [5, 5.41) is 14.4. The van der Waals surface area contributed by atoms with E-state index in [2.05, 4.69) is 35.6 Å². The minimum absolute atomic E-state index is 0.0129. The van der Waals surface area contributed by atoms with Gasteiger partial charge in [0.05, 0.1) is 30.9 Å². The topological polar surface area (TPSA) is 185 Å². The summed E-state index contributed by atoms with van der Waals surface area (Å²) >= 11 is 0. The number of carbonyl (C=O) groups excluding carboxylic acids is 1. The first-order valence-electron chi connectivity index (χ1n) is 9.12.